The van der Waals surface area contributed by atoms with Crippen LogP contribution >= 0.6 is 23.1 Å². The minimum absolute atomic E-state index is 0.309. The molecule has 0 atom stereocenters. The topological polar surface area (TPSA) is 12.9 Å². The van der Waals surface area contributed by atoms with Crippen molar-refractivity contribution < 1.29 is 8.78 Å². The molecule has 3 aromatic rings. The Labute approximate surface area is 129 Å². The van der Waals surface area contributed by atoms with Crippen molar-refractivity contribution in [3.63, 3.8) is 0 Å². The smallest absolute Gasteiger partial charge is 0.135 e. The predicted molar refractivity (Wildman–Crippen MR) is 84.7 cm³/mol. The molecule has 5 heteroatoms. The largest absolute Gasteiger partial charge is 0.248 e. The summed E-state index contributed by atoms with van der Waals surface area (Å²) in [6.45, 7) is 0. The van der Waals surface area contributed by atoms with Gasteiger partial charge in [-0.2, -0.15) is 11.3 Å². The van der Waals surface area contributed by atoms with E-state index in [1.807, 2.05) is 35.2 Å². The Kier molecular flexibility index (Phi) is 4.03. The average molecular weight is 319 g/mol. The molecule has 0 aliphatic carbocycles. The molecular formula is C16H11F2NS2. The minimum atomic E-state index is -0.600. The van der Waals surface area contributed by atoms with Crippen LogP contribution in [0, 0.1) is 11.6 Å². The van der Waals surface area contributed by atoms with Crippen molar-refractivity contribution in [2.24, 2.45) is 0 Å². The van der Waals surface area contributed by atoms with E-state index in [9.17, 15) is 8.78 Å². The van der Waals surface area contributed by atoms with Gasteiger partial charge in [0.1, 0.15) is 11.6 Å². The van der Waals surface area contributed by atoms with Crippen LogP contribution < -0.4 is 0 Å². The zero-order valence-electron chi connectivity index (χ0n) is 11.1. The molecule has 2 heterocycles. The van der Waals surface area contributed by atoms with E-state index in [1.54, 1.807) is 23.1 Å². The molecule has 0 bridgehead atoms. The summed E-state index contributed by atoms with van der Waals surface area (Å²) < 4.78 is 27.0. The maximum atomic E-state index is 14.0. The van der Waals surface area contributed by atoms with Gasteiger partial charge in [-0.25, -0.2) is 13.8 Å². The van der Waals surface area contributed by atoms with E-state index in [-0.39, 0.29) is 0 Å². The van der Waals surface area contributed by atoms with E-state index in [4.69, 9.17) is 0 Å². The van der Waals surface area contributed by atoms with Gasteiger partial charge in [-0.1, -0.05) is 0 Å². The lowest BCUT2D eigenvalue weighted by Gasteiger charge is -2.08. The number of hydrogen-bond acceptors (Lipinski definition) is 3. The molecule has 2 aromatic heterocycles. The molecule has 3 rings (SSSR count). The number of rotatable bonds is 3. The SMILES string of the molecule is CSc1cc(-c2ccsc2)nc(-c2ccc(F)cc2F)c1. The first-order valence-corrected chi connectivity index (χ1v) is 8.38. The van der Waals surface area contributed by atoms with Gasteiger partial charge in [-0.15, -0.1) is 11.8 Å². The second-order valence-electron chi connectivity index (χ2n) is 4.41. The van der Waals surface area contributed by atoms with Crippen LogP contribution in [0.1, 0.15) is 0 Å². The van der Waals surface area contributed by atoms with Crippen LogP contribution in [0.2, 0.25) is 0 Å². The summed E-state index contributed by atoms with van der Waals surface area (Å²) in [6.07, 6.45) is 1.96. The number of benzene rings is 1. The molecular weight excluding hydrogens is 308 g/mol. The van der Waals surface area contributed by atoms with Gasteiger partial charge in [0, 0.05) is 27.5 Å². The maximum absolute atomic E-state index is 14.0. The lowest BCUT2D eigenvalue weighted by molar-refractivity contribution is 0.585. The van der Waals surface area contributed by atoms with Gasteiger partial charge < -0.3 is 0 Å². The third-order valence-electron chi connectivity index (χ3n) is 3.06. The zero-order chi connectivity index (χ0) is 14.8. The molecule has 106 valence electrons. The molecule has 0 saturated heterocycles. The lowest BCUT2D eigenvalue weighted by atomic mass is 10.1. The number of thiophene rings is 1. The van der Waals surface area contributed by atoms with Gasteiger partial charge in [0.15, 0.2) is 0 Å². The van der Waals surface area contributed by atoms with Crippen molar-refractivity contribution in [1.82, 2.24) is 4.98 Å². The van der Waals surface area contributed by atoms with Gasteiger partial charge in [-0.3, -0.25) is 0 Å². The fraction of sp³-hybridized carbons (Fsp3) is 0.0625. The second-order valence-corrected chi connectivity index (χ2v) is 6.07. The van der Waals surface area contributed by atoms with Crippen molar-refractivity contribution in [3.05, 3.63) is 58.8 Å². The Hall–Kier alpha value is -1.72. The average Bonchev–Trinajstić information content (AvgIpc) is 3.01. The standard InChI is InChI=1S/C16H11F2NS2/c1-20-12-7-15(10-4-5-21-9-10)19-16(8-12)13-3-2-11(17)6-14(13)18/h2-9H,1H3. The molecule has 0 radical (unpaired) electrons. The molecule has 0 aliphatic heterocycles. The Morgan fingerprint density at radius 2 is 1.86 bits per heavy atom. The molecule has 1 nitrogen and oxygen atoms in total. The van der Waals surface area contributed by atoms with E-state index in [0.717, 1.165) is 22.2 Å². The van der Waals surface area contributed by atoms with E-state index in [1.165, 1.54) is 12.1 Å². The van der Waals surface area contributed by atoms with Crippen LogP contribution in [0.4, 0.5) is 8.78 Å². The zero-order valence-corrected chi connectivity index (χ0v) is 12.8. The van der Waals surface area contributed by atoms with Gasteiger partial charge in [-0.05, 0) is 42.0 Å². The molecule has 0 spiro atoms. The molecule has 0 N–H and O–H groups in total. The Morgan fingerprint density at radius 1 is 1.05 bits per heavy atom. The fourth-order valence-corrected chi connectivity index (χ4v) is 3.13. The van der Waals surface area contributed by atoms with Crippen molar-refractivity contribution in [2.75, 3.05) is 6.26 Å². The Balaban J connectivity index is 2.16. The third-order valence-corrected chi connectivity index (χ3v) is 4.45. The van der Waals surface area contributed by atoms with Crippen molar-refractivity contribution >= 4 is 23.1 Å². The fourth-order valence-electron chi connectivity index (χ4n) is 2.02. The van der Waals surface area contributed by atoms with E-state index in [2.05, 4.69) is 4.98 Å². The normalized spacial score (nSPS) is 10.8. The first-order chi connectivity index (χ1) is 10.2. The summed E-state index contributed by atoms with van der Waals surface area (Å²) in [5.74, 6) is -1.19. The van der Waals surface area contributed by atoms with Crippen LogP contribution in [0.25, 0.3) is 22.5 Å². The molecule has 1 aromatic carbocycles. The number of hydrogen-bond donors (Lipinski definition) is 0. The lowest BCUT2D eigenvalue weighted by Crippen LogP contribution is -1.92. The molecule has 21 heavy (non-hydrogen) atoms. The highest BCUT2D eigenvalue weighted by molar-refractivity contribution is 7.98. The van der Waals surface area contributed by atoms with Crippen molar-refractivity contribution in [2.45, 2.75) is 4.90 Å². The van der Waals surface area contributed by atoms with E-state index < -0.39 is 11.6 Å². The quantitative estimate of drug-likeness (QED) is 0.593. The van der Waals surface area contributed by atoms with Crippen LogP contribution in [0.5, 0.6) is 0 Å². The summed E-state index contributed by atoms with van der Waals surface area (Å²) in [4.78, 5) is 5.51. The van der Waals surface area contributed by atoms with E-state index >= 15 is 0 Å². The maximum Gasteiger partial charge on any atom is 0.135 e. The summed E-state index contributed by atoms with van der Waals surface area (Å²) in [5, 5.41) is 3.97. The van der Waals surface area contributed by atoms with Crippen LogP contribution in [-0.2, 0) is 0 Å². The molecule has 0 amide bonds. The van der Waals surface area contributed by atoms with Gasteiger partial charge in [0.2, 0.25) is 0 Å². The van der Waals surface area contributed by atoms with Crippen LogP contribution in [0.3, 0.4) is 0 Å². The summed E-state index contributed by atoms with van der Waals surface area (Å²) in [7, 11) is 0. The van der Waals surface area contributed by atoms with Crippen molar-refractivity contribution in [3.8, 4) is 22.5 Å². The van der Waals surface area contributed by atoms with Crippen LogP contribution in [-0.4, -0.2) is 11.2 Å². The number of aromatic nitrogens is 1. The van der Waals surface area contributed by atoms with Gasteiger partial charge in [0.25, 0.3) is 0 Å². The Bertz CT molecular complexity index is 770. The van der Waals surface area contributed by atoms with Crippen LogP contribution in [0.15, 0.2) is 52.1 Å². The van der Waals surface area contributed by atoms with E-state index in [0.29, 0.717) is 11.3 Å². The highest BCUT2D eigenvalue weighted by Crippen LogP contribution is 2.30. The highest BCUT2D eigenvalue weighted by Gasteiger charge is 2.11. The first kappa shape index (κ1) is 14.2. The first-order valence-electron chi connectivity index (χ1n) is 6.21. The highest BCUT2D eigenvalue weighted by atomic mass is 32.2. The molecule has 0 aliphatic rings. The number of nitrogens with zero attached hydrogens (tertiary/aromatic N) is 1. The number of halogens is 2. The van der Waals surface area contributed by atoms with Gasteiger partial charge in [0.05, 0.1) is 11.4 Å². The Morgan fingerprint density at radius 3 is 2.52 bits per heavy atom. The summed E-state index contributed by atoms with van der Waals surface area (Å²) >= 11 is 3.15. The predicted octanol–water partition coefficient (Wildman–Crippen LogP) is 5.48. The molecule has 0 unspecified atom stereocenters. The number of pyridine rings is 1. The molecule has 0 saturated carbocycles. The number of thioether (sulfide) groups is 1. The summed E-state index contributed by atoms with van der Waals surface area (Å²) in [5.41, 5.74) is 2.62. The molecule has 0 fully saturated rings. The second kappa shape index (κ2) is 5.95. The monoisotopic (exact) mass is 319 g/mol. The van der Waals surface area contributed by atoms with Gasteiger partial charge >= 0.3 is 0 Å². The third kappa shape index (κ3) is 2.99. The van der Waals surface area contributed by atoms with Crippen molar-refractivity contribution in [1.29, 1.82) is 0 Å². The summed E-state index contributed by atoms with van der Waals surface area (Å²) in [6, 6.07) is 9.31. The minimum Gasteiger partial charge on any atom is -0.248 e.